The molecule has 0 aliphatic carbocycles. The Hall–Kier alpha value is -3.49. The summed E-state index contributed by atoms with van der Waals surface area (Å²) >= 11 is 0. The van der Waals surface area contributed by atoms with Crippen molar-refractivity contribution in [1.29, 1.82) is 0 Å². The molecule has 2 aromatic rings. The summed E-state index contributed by atoms with van der Waals surface area (Å²) in [6, 6.07) is 9.58. The SMILES string of the molecule is CCOc1ccccc1C(=O)NCC(=O)OCC(=O)Nc1c(F)cccc1F. The van der Waals surface area contributed by atoms with Crippen molar-refractivity contribution in [2.45, 2.75) is 6.92 Å². The van der Waals surface area contributed by atoms with Crippen molar-refractivity contribution in [1.82, 2.24) is 5.32 Å². The van der Waals surface area contributed by atoms with Gasteiger partial charge in [0.25, 0.3) is 11.8 Å². The largest absolute Gasteiger partial charge is 0.493 e. The maximum Gasteiger partial charge on any atom is 0.325 e. The Bertz CT molecular complexity index is 853. The maximum absolute atomic E-state index is 13.4. The number of ether oxygens (including phenoxy) is 2. The van der Waals surface area contributed by atoms with Crippen LogP contribution in [0.3, 0.4) is 0 Å². The van der Waals surface area contributed by atoms with Gasteiger partial charge in [-0.05, 0) is 31.2 Å². The molecular weight excluding hydrogens is 374 g/mol. The molecule has 0 aliphatic heterocycles. The Kier molecular flexibility index (Phi) is 7.44. The van der Waals surface area contributed by atoms with Crippen LogP contribution in [0.4, 0.5) is 14.5 Å². The van der Waals surface area contributed by atoms with E-state index in [-0.39, 0.29) is 5.56 Å². The molecule has 0 saturated carbocycles. The third-order valence-corrected chi connectivity index (χ3v) is 3.42. The molecule has 2 N–H and O–H groups in total. The second-order valence-corrected chi connectivity index (χ2v) is 5.42. The summed E-state index contributed by atoms with van der Waals surface area (Å²) in [5.41, 5.74) is -0.394. The van der Waals surface area contributed by atoms with Crippen LogP contribution in [0.15, 0.2) is 42.5 Å². The molecule has 9 heteroatoms. The standard InChI is InChI=1S/C19H18F2N2O5/c1-2-27-15-9-4-3-6-12(15)19(26)22-10-17(25)28-11-16(24)23-18-13(20)7-5-8-14(18)21/h3-9H,2,10-11H2,1H3,(H,22,26)(H,23,24). The topological polar surface area (TPSA) is 93.7 Å². The van der Waals surface area contributed by atoms with E-state index < -0.39 is 48.3 Å². The van der Waals surface area contributed by atoms with Gasteiger partial charge >= 0.3 is 5.97 Å². The van der Waals surface area contributed by atoms with Gasteiger partial charge in [0, 0.05) is 0 Å². The third-order valence-electron chi connectivity index (χ3n) is 3.42. The maximum atomic E-state index is 13.4. The van der Waals surface area contributed by atoms with E-state index in [9.17, 15) is 23.2 Å². The number of para-hydroxylation sites is 2. The van der Waals surface area contributed by atoms with Gasteiger partial charge in [-0.2, -0.15) is 0 Å². The van der Waals surface area contributed by atoms with Crippen LogP contribution in [0.2, 0.25) is 0 Å². The minimum atomic E-state index is -0.958. The van der Waals surface area contributed by atoms with Crippen LogP contribution >= 0.6 is 0 Å². The van der Waals surface area contributed by atoms with E-state index in [0.29, 0.717) is 12.4 Å². The lowest BCUT2D eigenvalue weighted by molar-refractivity contribution is -0.146. The van der Waals surface area contributed by atoms with E-state index in [1.807, 2.05) is 5.32 Å². The van der Waals surface area contributed by atoms with Gasteiger partial charge in [-0.25, -0.2) is 8.78 Å². The highest BCUT2D eigenvalue weighted by Gasteiger charge is 2.16. The van der Waals surface area contributed by atoms with Crippen molar-refractivity contribution in [3.05, 3.63) is 59.7 Å². The van der Waals surface area contributed by atoms with Gasteiger partial charge in [0.15, 0.2) is 6.61 Å². The number of benzene rings is 2. The molecule has 0 unspecified atom stereocenters. The van der Waals surface area contributed by atoms with Crippen LogP contribution in [-0.2, 0) is 14.3 Å². The first-order valence-corrected chi connectivity index (χ1v) is 8.32. The second-order valence-electron chi connectivity index (χ2n) is 5.42. The number of hydrogen-bond donors (Lipinski definition) is 2. The summed E-state index contributed by atoms with van der Waals surface area (Å²) in [7, 11) is 0. The number of amides is 2. The molecule has 0 atom stereocenters. The van der Waals surface area contributed by atoms with E-state index in [2.05, 4.69) is 10.1 Å². The van der Waals surface area contributed by atoms with Crippen molar-refractivity contribution in [2.24, 2.45) is 0 Å². The van der Waals surface area contributed by atoms with Crippen molar-refractivity contribution >= 4 is 23.5 Å². The molecule has 7 nitrogen and oxygen atoms in total. The minimum absolute atomic E-state index is 0.241. The Labute approximate surface area is 159 Å². The fourth-order valence-corrected chi connectivity index (χ4v) is 2.17. The van der Waals surface area contributed by atoms with Gasteiger partial charge in [0.2, 0.25) is 0 Å². The lowest BCUT2D eigenvalue weighted by Crippen LogP contribution is -2.32. The van der Waals surface area contributed by atoms with Crippen molar-refractivity contribution in [3.8, 4) is 5.75 Å². The lowest BCUT2D eigenvalue weighted by Gasteiger charge is -2.11. The van der Waals surface area contributed by atoms with Crippen LogP contribution < -0.4 is 15.4 Å². The van der Waals surface area contributed by atoms with E-state index in [4.69, 9.17) is 4.74 Å². The molecule has 0 heterocycles. The Morgan fingerprint density at radius 2 is 1.68 bits per heavy atom. The number of nitrogens with one attached hydrogen (secondary N) is 2. The molecule has 2 aromatic carbocycles. The Morgan fingerprint density at radius 3 is 2.36 bits per heavy atom. The number of esters is 1. The summed E-state index contributed by atoms with van der Waals surface area (Å²) in [6.45, 7) is 0.868. The van der Waals surface area contributed by atoms with Crippen LogP contribution in [-0.4, -0.2) is 37.5 Å². The lowest BCUT2D eigenvalue weighted by atomic mass is 10.2. The predicted octanol–water partition coefficient (Wildman–Crippen LogP) is 2.28. The zero-order chi connectivity index (χ0) is 20.5. The minimum Gasteiger partial charge on any atom is -0.493 e. The highest BCUT2D eigenvalue weighted by molar-refractivity contribution is 5.98. The molecule has 0 bridgehead atoms. The normalized spacial score (nSPS) is 10.1. The molecule has 0 radical (unpaired) electrons. The molecule has 148 valence electrons. The quantitative estimate of drug-likeness (QED) is 0.673. The van der Waals surface area contributed by atoms with E-state index in [1.54, 1.807) is 25.1 Å². The van der Waals surface area contributed by atoms with Crippen LogP contribution in [0.25, 0.3) is 0 Å². The van der Waals surface area contributed by atoms with Gasteiger partial charge in [-0.3, -0.25) is 14.4 Å². The molecule has 28 heavy (non-hydrogen) atoms. The Balaban J connectivity index is 1.81. The predicted molar refractivity (Wildman–Crippen MR) is 95.9 cm³/mol. The fourth-order valence-electron chi connectivity index (χ4n) is 2.17. The molecule has 2 amide bonds. The monoisotopic (exact) mass is 392 g/mol. The molecular formula is C19H18F2N2O5. The number of halogens is 2. The van der Waals surface area contributed by atoms with Gasteiger partial charge < -0.3 is 20.1 Å². The highest BCUT2D eigenvalue weighted by atomic mass is 19.1. The number of rotatable bonds is 8. The molecule has 0 spiro atoms. The average molecular weight is 392 g/mol. The van der Waals surface area contributed by atoms with Gasteiger partial charge in [-0.15, -0.1) is 0 Å². The number of carbonyl (C=O) groups is 3. The van der Waals surface area contributed by atoms with Crippen molar-refractivity contribution < 1.29 is 32.6 Å². The summed E-state index contributed by atoms with van der Waals surface area (Å²) < 4.78 is 36.9. The zero-order valence-corrected chi connectivity index (χ0v) is 15.0. The van der Waals surface area contributed by atoms with Gasteiger partial charge in [0.1, 0.15) is 29.6 Å². The van der Waals surface area contributed by atoms with Gasteiger partial charge in [-0.1, -0.05) is 18.2 Å². The molecule has 0 aliphatic rings. The van der Waals surface area contributed by atoms with Crippen LogP contribution in [0.1, 0.15) is 17.3 Å². The molecule has 0 fully saturated rings. The zero-order valence-electron chi connectivity index (χ0n) is 15.0. The van der Waals surface area contributed by atoms with Crippen molar-refractivity contribution in [2.75, 3.05) is 25.1 Å². The van der Waals surface area contributed by atoms with Gasteiger partial charge in [0.05, 0.1) is 12.2 Å². The smallest absolute Gasteiger partial charge is 0.325 e. The third kappa shape index (κ3) is 5.76. The summed E-state index contributed by atoms with van der Waals surface area (Å²) in [6.07, 6.45) is 0. The number of anilines is 1. The fraction of sp³-hybridized carbons (Fsp3) is 0.211. The van der Waals surface area contributed by atoms with E-state index in [0.717, 1.165) is 18.2 Å². The highest BCUT2D eigenvalue weighted by Crippen LogP contribution is 2.18. The van der Waals surface area contributed by atoms with E-state index in [1.165, 1.54) is 6.07 Å². The van der Waals surface area contributed by atoms with Crippen LogP contribution in [0, 0.1) is 11.6 Å². The first kappa shape index (κ1) is 20.8. The first-order valence-electron chi connectivity index (χ1n) is 8.32. The molecule has 2 rings (SSSR count). The second kappa shape index (κ2) is 10.0. The Morgan fingerprint density at radius 1 is 1.00 bits per heavy atom. The first-order chi connectivity index (χ1) is 13.4. The number of carbonyl (C=O) groups excluding carboxylic acids is 3. The van der Waals surface area contributed by atoms with E-state index >= 15 is 0 Å². The summed E-state index contributed by atoms with van der Waals surface area (Å²) in [5.74, 6) is -3.93. The van der Waals surface area contributed by atoms with Crippen molar-refractivity contribution in [3.63, 3.8) is 0 Å². The summed E-state index contributed by atoms with van der Waals surface area (Å²) in [5, 5.41) is 4.32. The molecule has 0 saturated heterocycles. The average Bonchev–Trinajstić information content (AvgIpc) is 2.68. The summed E-state index contributed by atoms with van der Waals surface area (Å²) in [4.78, 5) is 35.5. The number of hydrogen-bond acceptors (Lipinski definition) is 5. The molecule has 0 aromatic heterocycles. The van der Waals surface area contributed by atoms with Crippen LogP contribution in [0.5, 0.6) is 5.75 Å².